The van der Waals surface area contributed by atoms with E-state index < -0.39 is 0 Å². The molecule has 0 saturated heterocycles. The molecule has 0 aromatic heterocycles. The molecule has 0 aliphatic carbocycles. The maximum atomic E-state index is 9.28. The number of nitrogen functional groups attached to an aromatic ring is 1. The van der Waals surface area contributed by atoms with Gasteiger partial charge < -0.3 is 15.9 Å². The molecule has 1 rings (SSSR count). The van der Waals surface area contributed by atoms with E-state index in [1.165, 1.54) is 6.07 Å². The van der Waals surface area contributed by atoms with Crippen molar-refractivity contribution in [1.82, 2.24) is 0 Å². The molecule has 1 aromatic rings. The van der Waals surface area contributed by atoms with Crippen LogP contribution in [0, 0.1) is 0 Å². The van der Waals surface area contributed by atoms with Crippen LogP contribution in [0.4, 0.5) is 5.69 Å². The third-order valence-corrected chi connectivity index (χ3v) is 1.50. The molecule has 4 N–H and O–H groups in total. The average Bonchev–Trinajstić information content (AvgIpc) is 1.96. The Bertz CT molecular complexity index is 307. The summed E-state index contributed by atoms with van der Waals surface area (Å²) in [4.78, 5) is 0. The lowest BCUT2D eigenvalue weighted by Crippen LogP contribution is -1.91. The summed E-state index contributed by atoms with van der Waals surface area (Å²) in [5, 5.41) is 18.2. The number of phenolic OH excluding ortho intramolecular Hbond substituents is 1. The molecule has 0 amide bonds. The zero-order valence-corrected chi connectivity index (χ0v) is 6.62. The van der Waals surface area contributed by atoms with E-state index in [0.29, 0.717) is 11.3 Å². The highest BCUT2D eigenvalue weighted by Gasteiger charge is 2.02. The number of hydrogen-bond acceptors (Lipinski definition) is 3. The third-order valence-electron chi connectivity index (χ3n) is 1.50. The molecule has 0 bridgehead atoms. The number of aromatic hydroxyl groups is 1. The Morgan fingerprint density at radius 3 is 2.75 bits per heavy atom. The van der Waals surface area contributed by atoms with Gasteiger partial charge in [0.2, 0.25) is 0 Å². The Hall–Kier alpha value is -1.64. The van der Waals surface area contributed by atoms with Crippen LogP contribution in [0.15, 0.2) is 30.5 Å². The quantitative estimate of drug-likeness (QED) is 0.354. The van der Waals surface area contributed by atoms with Gasteiger partial charge in [0, 0.05) is 17.7 Å². The highest BCUT2D eigenvalue weighted by molar-refractivity contribution is 5.48. The van der Waals surface area contributed by atoms with E-state index >= 15 is 0 Å². The van der Waals surface area contributed by atoms with Crippen molar-refractivity contribution in [2.45, 2.75) is 6.42 Å². The number of phenols is 1. The Morgan fingerprint density at radius 2 is 2.17 bits per heavy atom. The molecular weight excluding hydrogens is 154 g/mol. The molecule has 0 saturated carbocycles. The molecule has 0 aliphatic rings. The van der Waals surface area contributed by atoms with Crippen LogP contribution in [0.5, 0.6) is 5.75 Å². The monoisotopic (exact) mass is 165 g/mol. The molecule has 64 valence electrons. The van der Waals surface area contributed by atoms with Crippen LogP contribution < -0.4 is 5.73 Å². The van der Waals surface area contributed by atoms with Gasteiger partial charge in [0.1, 0.15) is 5.75 Å². The minimum atomic E-state index is 0.0101. The fourth-order valence-corrected chi connectivity index (χ4v) is 0.967. The normalized spacial score (nSPS) is 9.67. The lowest BCUT2D eigenvalue weighted by Gasteiger charge is -2.03. The van der Waals surface area contributed by atoms with Gasteiger partial charge in [0.15, 0.2) is 0 Å². The lowest BCUT2D eigenvalue weighted by molar-refractivity contribution is 0.396. The number of hydrogen-bond donors (Lipinski definition) is 3. The van der Waals surface area contributed by atoms with Crippen LogP contribution in [0.3, 0.4) is 0 Å². The number of benzene rings is 1. The van der Waals surface area contributed by atoms with Crippen molar-refractivity contribution in [2.75, 3.05) is 5.73 Å². The minimum Gasteiger partial charge on any atom is -0.513 e. The summed E-state index contributed by atoms with van der Waals surface area (Å²) in [5.74, 6) is 0.135. The minimum absolute atomic E-state index is 0.0101. The summed E-state index contributed by atoms with van der Waals surface area (Å²) in [5.41, 5.74) is 6.63. The van der Waals surface area contributed by atoms with Gasteiger partial charge in [0.05, 0.1) is 5.76 Å². The van der Waals surface area contributed by atoms with Crippen LogP contribution in [0.2, 0.25) is 0 Å². The van der Waals surface area contributed by atoms with Crippen molar-refractivity contribution in [3.63, 3.8) is 0 Å². The summed E-state index contributed by atoms with van der Waals surface area (Å²) in [7, 11) is 0. The second kappa shape index (κ2) is 3.17. The van der Waals surface area contributed by atoms with Crippen molar-refractivity contribution in [2.24, 2.45) is 0 Å². The van der Waals surface area contributed by atoms with Crippen molar-refractivity contribution in [1.29, 1.82) is 0 Å². The van der Waals surface area contributed by atoms with Gasteiger partial charge in [0.25, 0.3) is 0 Å². The SMILES string of the molecule is C=C(O)Cc1cc(N)ccc1O. The molecule has 3 nitrogen and oxygen atoms in total. The lowest BCUT2D eigenvalue weighted by atomic mass is 10.1. The van der Waals surface area contributed by atoms with Crippen LogP contribution in [-0.4, -0.2) is 10.2 Å². The van der Waals surface area contributed by atoms with Crippen molar-refractivity contribution < 1.29 is 10.2 Å². The van der Waals surface area contributed by atoms with Crippen molar-refractivity contribution >= 4 is 5.69 Å². The summed E-state index contributed by atoms with van der Waals surface area (Å²) >= 11 is 0. The highest BCUT2D eigenvalue weighted by atomic mass is 16.3. The number of allylic oxidation sites excluding steroid dienone is 1. The van der Waals surface area contributed by atoms with Gasteiger partial charge in [-0.3, -0.25) is 0 Å². The molecule has 12 heavy (non-hydrogen) atoms. The summed E-state index contributed by atoms with van der Waals surface area (Å²) in [6.07, 6.45) is 0.233. The van der Waals surface area contributed by atoms with Crippen LogP contribution in [0.25, 0.3) is 0 Å². The topological polar surface area (TPSA) is 66.5 Å². The van der Waals surface area contributed by atoms with Gasteiger partial charge in [-0.15, -0.1) is 0 Å². The first-order valence-electron chi connectivity index (χ1n) is 3.53. The maximum absolute atomic E-state index is 9.28. The number of aliphatic hydroxyl groups is 1. The summed E-state index contributed by atoms with van der Waals surface area (Å²) in [6, 6.07) is 4.70. The molecule has 0 aliphatic heterocycles. The van der Waals surface area contributed by atoms with Gasteiger partial charge in [-0.1, -0.05) is 6.58 Å². The maximum Gasteiger partial charge on any atom is 0.119 e. The zero-order valence-electron chi connectivity index (χ0n) is 6.62. The van der Waals surface area contributed by atoms with E-state index in [4.69, 9.17) is 10.8 Å². The molecule has 1 aromatic carbocycles. The molecule has 0 radical (unpaired) electrons. The molecule has 0 atom stereocenters. The second-order valence-electron chi connectivity index (χ2n) is 2.63. The summed E-state index contributed by atoms with van der Waals surface area (Å²) in [6.45, 7) is 3.32. The Kier molecular flexibility index (Phi) is 2.24. The first-order valence-corrected chi connectivity index (χ1v) is 3.53. The standard InChI is InChI=1S/C9H11NO2/c1-6(11)4-7-5-8(10)2-3-9(7)12/h2-3,5,11-12H,1,4,10H2. The van der Waals surface area contributed by atoms with Crippen LogP contribution in [0.1, 0.15) is 5.56 Å². The predicted molar refractivity (Wildman–Crippen MR) is 48.0 cm³/mol. The van der Waals surface area contributed by atoms with Crippen molar-refractivity contribution in [3.05, 3.63) is 36.1 Å². The number of aliphatic hydroxyl groups excluding tert-OH is 1. The molecule has 0 unspecified atom stereocenters. The Morgan fingerprint density at radius 1 is 1.50 bits per heavy atom. The highest BCUT2D eigenvalue weighted by Crippen LogP contribution is 2.21. The van der Waals surface area contributed by atoms with E-state index in [1.54, 1.807) is 12.1 Å². The second-order valence-corrected chi connectivity index (χ2v) is 2.63. The first-order chi connectivity index (χ1) is 5.59. The zero-order chi connectivity index (χ0) is 9.14. The molecule has 0 spiro atoms. The fourth-order valence-electron chi connectivity index (χ4n) is 0.967. The fraction of sp³-hybridized carbons (Fsp3) is 0.111. The largest absolute Gasteiger partial charge is 0.513 e. The molecule has 0 fully saturated rings. The third kappa shape index (κ3) is 1.92. The van der Waals surface area contributed by atoms with Gasteiger partial charge in [-0.2, -0.15) is 0 Å². The molecular formula is C9H11NO2. The van der Waals surface area contributed by atoms with Crippen LogP contribution >= 0.6 is 0 Å². The van der Waals surface area contributed by atoms with Crippen molar-refractivity contribution in [3.8, 4) is 5.75 Å². The molecule has 0 heterocycles. The van der Waals surface area contributed by atoms with Gasteiger partial charge in [-0.25, -0.2) is 0 Å². The van der Waals surface area contributed by atoms with Crippen LogP contribution in [-0.2, 0) is 6.42 Å². The predicted octanol–water partition coefficient (Wildman–Crippen LogP) is 1.59. The summed E-state index contributed by atoms with van der Waals surface area (Å²) < 4.78 is 0. The van der Waals surface area contributed by atoms with Gasteiger partial charge >= 0.3 is 0 Å². The average molecular weight is 165 g/mol. The first kappa shape index (κ1) is 8.46. The number of anilines is 1. The van der Waals surface area contributed by atoms with E-state index in [0.717, 1.165) is 0 Å². The van der Waals surface area contributed by atoms with E-state index in [1.807, 2.05) is 0 Å². The molecule has 3 heteroatoms. The smallest absolute Gasteiger partial charge is 0.119 e. The van der Waals surface area contributed by atoms with Gasteiger partial charge in [-0.05, 0) is 18.2 Å². The number of nitrogens with two attached hydrogens (primary N) is 1. The van der Waals surface area contributed by atoms with E-state index in [-0.39, 0.29) is 17.9 Å². The number of rotatable bonds is 2. The van der Waals surface area contributed by atoms with E-state index in [2.05, 4.69) is 6.58 Å². The Balaban J connectivity index is 2.97. The van der Waals surface area contributed by atoms with E-state index in [9.17, 15) is 5.11 Å². The Labute approximate surface area is 70.8 Å².